The highest BCUT2D eigenvalue weighted by molar-refractivity contribution is 5.65. The molecule has 15 heavy (non-hydrogen) atoms. The van der Waals surface area contributed by atoms with E-state index in [4.69, 9.17) is 5.11 Å². The van der Waals surface area contributed by atoms with Crippen LogP contribution in [0.15, 0.2) is 18.5 Å². The Balaban J connectivity index is 1.57. The molecule has 1 unspecified atom stereocenters. The maximum atomic E-state index is 10.7. The summed E-state index contributed by atoms with van der Waals surface area (Å²) in [4.78, 5) is 12.2. The van der Waals surface area contributed by atoms with E-state index in [0.29, 0.717) is 30.8 Å². The van der Waals surface area contributed by atoms with E-state index in [9.17, 15) is 4.79 Å². The van der Waals surface area contributed by atoms with Crippen molar-refractivity contribution >= 4 is 6.09 Å². The molecule has 2 heterocycles. The van der Waals surface area contributed by atoms with Crippen molar-refractivity contribution in [1.29, 1.82) is 0 Å². The van der Waals surface area contributed by atoms with Gasteiger partial charge in [0.2, 0.25) is 0 Å². The van der Waals surface area contributed by atoms with Crippen LogP contribution in [-0.2, 0) is 6.54 Å². The Morgan fingerprint density at radius 1 is 1.47 bits per heavy atom. The minimum Gasteiger partial charge on any atom is -0.465 e. The van der Waals surface area contributed by atoms with Crippen LogP contribution in [0.2, 0.25) is 0 Å². The Hall–Kier alpha value is -1.52. The number of fused-ring (bicyclic) bond motifs is 1. The minimum absolute atomic E-state index is 0.574. The highest BCUT2D eigenvalue weighted by atomic mass is 16.4. The van der Waals surface area contributed by atoms with E-state index in [-0.39, 0.29) is 0 Å². The molecule has 3 atom stereocenters. The van der Waals surface area contributed by atoms with Gasteiger partial charge in [-0.25, -0.2) is 4.79 Å². The second-order valence-corrected chi connectivity index (χ2v) is 4.41. The van der Waals surface area contributed by atoms with Crippen LogP contribution in [0.25, 0.3) is 0 Å². The van der Waals surface area contributed by atoms with Crippen molar-refractivity contribution < 1.29 is 9.90 Å². The number of amides is 1. The van der Waals surface area contributed by atoms with Crippen molar-refractivity contribution in [3.8, 4) is 0 Å². The molecule has 2 fully saturated rings. The van der Waals surface area contributed by atoms with Crippen molar-refractivity contribution in [2.75, 3.05) is 13.1 Å². The fourth-order valence-electron chi connectivity index (χ4n) is 2.70. The van der Waals surface area contributed by atoms with E-state index >= 15 is 0 Å². The van der Waals surface area contributed by atoms with Gasteiger partial charge in [0, 0.05) is 32.0 Å². The predicted molar refractivity (Wildman–Crippen MR) is 52.3 cm³/mol. The van der Waals surface area contributed by atoms with E-state index in [1.165, 1.54) is 4.90 Å². The van der Waals surface area contributed by atoms with Gasteiger partial charge in [-0.3, -0.25) is 4.68 Å². The van der Waals surface area contributed by atoms with Crippen LogP contribution in [0.3, 0.4) is 0 Å². The third-order valence-corrected chi connectivity index (χ3v) is 3.60. The second-order valence-electron chi connectivity index (χ2n) is 4.41. The molecule has 5 heteroatoms. The van der Waals surface area contributed by atoms with Crippen LogP contribution < -0.4 is 0 Å². The summed E-state index contributed by atoms with van der Waals surface area (Å²) in [5.74, 6) is 1.79. The van der Waals surface area contributed by atoms with Gasteiger partial charge in [0.25, 0.3) is 0 Å². The molecule has 1 aromatic heterocycles. The Kier molecular flexibility index (Phi) is 1.74. The molecule has 1 amide bonds. The first-order valence-corrected chi connectivity index (χ1v) is 5.21. The SMILES string of the molecule is O=C(O)N1C[C@@H]2C(Cn3cccn3)[C@@H]2C1. The Labute approximate surface area is 87.3 Å². The zero-order valence-corrected chi connectivity index (χ0v) is 8.28. The summed E-state index contributed by atoms with van der Waals surface area (Å²) >= 11 is 0. The summed E-state index contributed by atoms with van der Waals surface area (Å²) < 4.78 is 1.94. The normalized spacial score (nSPS) is 32.8. The summed E-state index contributed by atoms with van der Waals surface area (Å²) in [5.41, 5.74) is 0. The predicted octanol–water partition coefficient (Wildman–Crippen LogP) is 0.739. The van der Waals surface area contributed by atoms with Gasteiger partial charge in [0.05, 0.1) is 0 Å². The summed E-state index contributed by atoms with van der Waals surface area (Å²) in [7, 11) is 0. The van der Waals surface area contributed by atoms with Crippen LogP contribution in [0.1, 0.15) is 0 Å². The van der Waals surface area contributed by atoms with Crippen LogP contribution >= 0.6 is 0 Å². The lowest BCUT2D eigenvalue weighted by Crippen LogP contribution is -2.30. The number of hydrogen-bond acceptors (Lipinski definition) is 2. The number of likely N-dealkylation sites (tertiary alicyclic amines) is 1. The second kappa shape index (κ2) is 2.98. The van der Waals surface area contributed by atoms with Crippen LogP contribution in [0.5, 0.6) is 0 Å². The van der Waals surface area contributed by atoms with E-state index in [0.717, 1.165) is 6.54 Å². The summed E-state index contributed by atoms with van der Waals surface area (Å²) in [5, 5.41) is 13.0. The smallest absolute Gasteiger partial charge is 0.407 e. The van der Waals surface area contributed by atoms with E-state index in [1.807, 2.05) is 16.9 Å². The molecule has 1 saturated carbocycles. The molecule has 1 aromatic rings. The molecule has 1 aliphatic heterocycles. The highest BCUT2D eigenvalue weighted by Gasteiger charge is 2.56. The number of aromatic nitrogens is 2. The van der Waals surface area contributed by atoms with Crippen LogP contribution in [0, 0.1) is 17.8 Å². The lowest BCUT2D eigenvalue weighted by Gasteiger charge is -2.15. The standard InChI is InChI=1S/C10H13N3O2/c14-10(15)12-4-7-8(5-12)9(7)6-13-3-1-2-11-13/h1-3,7-9H,4-6H2,(H,14,15)/t7-,8+,9?. The van der Waals surface area contributed by atoms with Crippen molar-refractivity contribution in [2.24, 2.45) is 17.8 Å². The summed E-state index contributed by atoms with van der Waals surface area (Å²) in [6, 6.07) is 1.92. The lowest BCUT2D eigenvalue weighted by atomic mass is 10.2. The summed E-state index contributed by atoms with van der Waals surface area (Å²) in [6.45, 7) is 2.37. The van der Waals surface area contributed by atoms with E-state index < -0.39 is 6.09 Å². The third-order valence-electron chi connectivity index (χ3n) is 3.60. The Morgan fingerprint density at radius 2 is 2.20 bits per heavy atom. The molecule has 0 radical (unpaired) electrons. The van der Waals surface area contributed by atoms with Gasteiger partial charge in [-0.1, -0.05) is 0 Å². The fourth-order valence-corrected chi connectivity index (χ4v) is 2.70. The van der Waals surface area contributed by atoms with Gasteiger partial charge in [-0.2, -0.15) is 5.10 Å². The van der Waals surface area contributed by atoms with Crippen molar-refractivity contribution in [1.82, 2.24) is 14.7 Å². The molecule has 5 nitrogen and oxygen atoms in total. The maximum absolute atomic E-state index is 10.7. The zero-order valence-electron chi connectivity index (χ0n) is 8.28. The molecule has 0 spiro atoms. The number of nitrogens with zero attached hydrogens (tertiary/aromatic N) is 3. The average molecular weight is 207 g/mol. The molecular weight excluding hydrogens is 194 g/mol. The van der Waals surface area contributed by atoms with Crippen molar-refractivity contribution in [2.45, 2.75) is 6.54 Å². The number of rotatable bonds is 2. The van der Waals surface area contributed by atoms with E-state index in [2.05, 4.69) is 5.10 Å². The molecule has 0 aromatic carbocycles. The van der Waals surface area contributed by atoms with Crippen LogP contribution in [0.4, 0.5) is 4.79 Å². The van der Waals surface area contributed by atoms with Gasteiger partial charge >= 0.3 is 6.09 Å². The average Bonchev–Trinajstić information content (AvgIpc) is 2.62. The fraction of sp³-hybridized carbons (Fsp3) is 0.600. The zero-order chi connectivity index (χ0) is 10.4. The van der Waals surface area contributed by atoms with Gasteiger partial charge in [-0.15, -0.1) is 0 Å². The molecule has 1 saturated heterocycles. The molecule has 1 N–H and O–H groups in total. The van der Waals surface area contributed by atoms with Gasteiger partial charge in [0.1, 0.15) is 0 Å². The molecular formula is C10H13N3O2. The topological polar surface area (TPSA) is 58.4 Å². The minimum atomic E-state index is -0.778. The van der Waals surface area contributed by atoms with Gasteiger partial charge < -0.3 is 10.0 Å². The number of piperidine rings is 1. The molecule has 3 rings (SSSR count). The number of carboxylic acid groups (broad SMARTS) is 1. The van der Waals surface area contributed by atoms with Crippen LogP contribution in [-0.4, -0.2) is 39.0 Å². The van der Waals surface area contributed by atoms with Crippen molar-refractivity contribution in [3.05, 3.63) is 18.5 Å². The van der Waals surface area contributed by atoms with Gasteiger partial charge in [0.15, 0.2) is 0 Å². The molecule has 0 bridgehead atoms. The van der Waals surface area contributed by atoms with E-state index in [1.54, 1.807) is 6.20 Å². The largest absolute Gasteiger partial charge is 0.465 e. The van der Waals surface area contributed by atoms with Gasteiger partial charge in [-0.05, 0) is 23.8 Å². The molecule has 80 valence electrons. The number of carbonyl (C=O) groups is 1. The highest BCUT2D eigenvalue weighted by Crippen LogP contribution is 2.52. The third kappa shape index (κ3) is 1.38. The lowest BCUT2D eigenvalue weighted by molar-refractivity contribution is 0.147. The first kappa shape index (κ1) is 8.76. The first-order valence-electron chi connectivity index (χ1n) is 5.21. The van der Waals surface area contributed by atoms with Crippen molar-refractivity contribution in [3.63, 3.8) is 0 Å². The Morgan fingerprint density at radius 3 is 2.73 bits per heavy atom. The molecule has 2 aliphatic rings. The maximum Gasteiger partial charge on any atom is 0.407 e. The first-order chi connectivity index (χ1) is 7.25. The molecule has 1 aliphatic carbocycles. The summed E-state index contributed by atoms with van der Waals surface area (Å²) in [6.07, 6.45) is 2.96. The number of hydrogen-bond donors (Lipinski definition) is 1. The Bertz CT molecular complexity index is 364. The quantitative estimate of drug-likeness (QED) is 0.778. The monoisotopic (exact) mass is 207 g/mol.